The van der Waals surface area contributed by atoms with E-state index in [1.807, 2.05) is 77.7 Å². The molecule has 2 aromatic carbocycles. The van der Waals surface area contributed by atoms with Crippen molar-refractivity contribution in [3.8, 4) is 11.4 Å². The number of rotatable bonds is 8. The first-order valence-electron chi connectivity index (χ1n) is 9.59. The van der Waals surface area contributed by atoms with Gasteiger partial charge in [0.15, 0.2) is 5.82 Å². The summed E-state index contributed by atoms with van der Waals surface area (Å²) in [5.41, 5.74) is 3.11. The lowest BCUT2D eigenvalue weighted by Crippen LogP contribution is -2.31. The normalized spacial score (nSPS) is 10.7. The molecule has 0 aliphatic heterocycles. The molecule has 30 heavy (non-hydrogen) atoms. The molecule has 2 heterocycles. The molecule has 0 radical (unpaired) electrons. The maximum absolute atomic E-state index is 13.0. The zero-order chi connectivity index (χ0) is 20.6. The largest absolute Gasteiger partial charge is 0.333 e. The average Bonchev–Trinajstić information content (AvgIpc) is 3.28. The van der Waals surface area contributed by atoms with Crippen molar-refractivity contribution in [1.29, 1.82) is 0 Å². The van der Waals surface area contributed by atoms with Crippen molar-refractivity contribution >= 4 is 17.7 Å². The summed E-state index contributed by atoms with van der Waals surface area (Å²) in [6, 6.07) is 23.8. The molecule has 4 aromatic rings. The van der Waals surface area contributed by atoms with Crippen LogP contribution in [0, 0.1) is 0 Å². The van der Waals surface area contributed by atoms with Gasteiger partial charge >= 0.3 is 0 Å². The third-order valence-electron chi connectivity index (χ3n) is 4.53. The highest BCUT2D eigenvalue weighted by Gasteiger charge is 2.16. The number of carbonyl (C=O) groups excluding carboxylic acids is 1. The Hall–Kier alpha value is -3.45. The first kappa shape index (κ1) is 19.8. The van der Waals surface area contributed by atoms with Crippen LogP contribution in [0.15, 0.2) is 90.3 Å². The van der Waals surface area contributed by atoms with E-state index < -0.39 is 0 Å². The molecule has 0 spiro atoms. The van der Waals surface area contributed by atoms with Crippen LogP contribution < -0.4 is 0 Å². The summed E-state index contributed by atoms with van der Waals surface area (Å²) in [6.07, 6.45) is 3.42. The fourth-order valence-corrected chi connectivity index (χ4v) is 3.71. The van der Waals surface area contributed by atoms with Crippen molar-refractivity contribution in [2.45, 2.75) is 18.2 Å². The van der Waals surface area contributed by atoms with Gasteiger partial charge in [0, 0.05) is 31.0 Å². The minimum Gasteiger partial charge on any atom is -0.333 e. The molecule has 0 saturated heterocycles. The van der Waals surface area contributed by atoms with Crippen molar-refractivity contribution in [3.05, 3.63) is 96.3 Å². The molecule has 4 rings (SSSR count). The number of hydrogen-bond donors (Lipinski definition) is 1. The number of pyridine rings is 1. The Morgan fingerprint density at radius 1 is 0.867 bits per heavy atom. The molecule has 0 aliphatic rings. The molecule has 0 saturated carbocycles. The Morgan fingerprint density at radius 3 is 2.07 bits per heavy atom. The van der Waals surface area contributed by atoms with Gasteiger partial charge in [-0.15, -0.1) is 5.10 Å². The molecular weight excluding hydrogens is 394 g/mol. The van der Waals surface area contributed by atoms with Gasteiger partial charge in [0.05, 0.1) is 5.75 Å². The smallest absolute Gasteiger partial charge is 0.233 e. The number of hydrogen-bond acceptors (Lipinski definition) is 5. The first-order valence-corrected chi connectivity index (χ1v) is 10.6. The van der Waals surface area contributed by atoms with Crippen molar-refractivity contribution in [2.24, 2.45) is 0 Å². The topological polar surface area (TPSA) is 74.8 Å². The van der Waals surface area contributed by atoms with Gasteiger partial charge in [0.25, 0.3) is 0 Å². The van der Waals surface area contributed by atoms with E-state index in [9.17, 15) is 4.79 Å². The van der Waals surface area contributed by atoms with Gasteiger partial charge in [0.2, 0.25) is 11.1 Å². The van der Waals surface area contributed by atoms with Crippen molar-refractivity contribution < 1.29 is 4.79 Å². The average molecular weight is 416 g/mol. The van der Waals surface area contributed by atoms with Gasteiger partial charge in [-0.3, -0.25) is 14.9 Å². The number of aromatic nitrogens is 4. The van der Waals surface area contributed by atoms with E-state index in [0.29, 0.717) is 24.1 Å². The van der Waals surface area contributed by atoms with E-state index in [0.717, 1.165) is 16.7 Å². The predicted octanol–water partition coefficient (Wildman–Crippen LogP) is 4.19. The molecule has 0 unspecified atom stereocenters. The van der Waals surface area contributed by atoms with Crippen LogP contribution >= 0.6 is 11.8 Å². The molecule has 0 atom stereocenters. The van der Waals surface area contributed by atoms with Gasteiger partial charge in [-0.1, -0.05) is 72.4 Å². The fourth-order valence-electron chi connectivity index (χ4n) is 3.01. The second kappa shape index (κ2) is 9.84. The lowest BCUT2D eigenvalue weighted by atomic mass is 10.1. The first-order chi connectivity index (χ1) is 14.8. The van der Waals surface area contributed by atoms with E-state index in [-0.39, 0.29) is 11.7 Å². The number of carbonyl (C=O) groups is 1. The van der Waals surface area contributed by atoms with Gasteiger partial charge in [-0.2, -0.15) is 0 Å². The Bertz CT molecular complexity index is 1030. The standard InChI is InChI=1S/C23H21N5OS/c29-21(17-30-23-25-22(26-27-23)20-11-13-24-14-12-20)28(15-18-7-3-1-4-8-18)16-19-9-5-2-6-10-19/h1-14H,15-17H2,(H,25,26,27). The highest BCUT2D eigenvalue weighted by molar-refractivity contribution is 7.99. The summed E-state index contributed by atoms with van der Waals surface area (Å²) in [5, 5.41) is 7.70. The maximum Gasteiger partial charge on any atom is 0.233 e. The summed E-state index contributed by atoms with van der Waals surface area (Å²) < 4.78 is 0. The predicted molar refractivity (Wildman–Crippen MR) is 117 cm³/mol. The molecular formula is C23H21N5OS. The zero-order valence-electron chi connectivity index (χ0n) is 16.3. The third-order valence-corrected chi connectivity index (χ3v) is 5.36. The highest BCUT2D eigenvalue weighted by Crippen LogP contribution is 2.20. The summed E-state index contributed by atoms with van der Waals surface area (Å²) in [6.45, 7) is 1.12. The van der Waals surface area contributed by atoms with Crippen LogP contribution in [0.4, 0.5) is 0 Å². The van der Waals surface area contributed by atoms with E-state index in [1.165, 1.54) is 11.8 Å². The molecule has 7 heteroatoms. The van der Waals surface area contributed by atoms with Crippen LogP contribution in [0.3, 0.4) is 0 Å². The lowest BCUT2D eigenvalue weighted by molar-refractivity contribution is -0.129. The molecule has 0 aliphatic carbocycles. The number of nitrogens with one attached hydrogen (secondary N) is 1. The third kappa shape index (κ3) is 5.33. The number of thioether (sulfide) groups is 1. The SMILES string of the molecule is O=C(CSc1n[nH]c(-c2ccncc2)n1)N(Cc1ccccc1)Cc1ccccc1. The number of nitrogens with zero attached hydrogens (tertiary/aromatic N) is 4. The van der Waals surface area contributed by atoms with Crippen LogP contribution in [-0.4, -0.2) is 36.7 Å². The zero-order valence-corrected chi connectivity index (χ0v) is 17.1. The van der Waals surface area contributed by atoms with E-state index in [4.69, 9.17) is 0 Å². The van der Waals surface area contributed by atoms with E-state index in [2.05, 4.69) is 20.2 Å². The highest BCUT2D eigenvalue weighted by atomic mass is 32.2. The second-order valence-corrected chi connectivity index (χ2v) is 7.65. The molecule has 2 aromatic heterocycles. The molecule has 1 amide bonds. The summed E-state index contributed by atoms with van der Waals surface area (Å²) >= 11 is 1.33. The summed E-state index contributed by atoms with van der Waals surface area (Å²) in [5.74, 6) is 0.980. The van der Waals surface area contributed by atoms with Crippen molar-refractivity contribution in [1.82, 2.24) is 25.1 Å². The van der Waals surface area contributed by atoms with Crippen LogP contribution in [0.25, 0.3) is 11.4 Å². The Labute approximate surface area is 179 Å². The molecule has 0 bridgehead atoms. The number of H-pyrrole nitrogens is 1. The maximum atomic E-state index is 13.0. The minimum absolute atomic E-state index is 0.0444. The second-order valence-electron chi connectivity index (χ2n) is 6.71. The Kier molecular flexibility index (Phi) is 6.51. The van der Waals surface area contributed by atoms with Crippen LogP contribution in [0.2, 0.25) is 0 Å². The van der Waals surface area contributed by atoms with E-state index in [1.54, 1.807) is 12.4 Å². The monoisotopic (exact) mass is 415 g/mol. The summed E-state index contributed by atoms with van der Waals surface area (Å²) in [4.78, 5) is 23.4. The molecule has 6 nitrogen and oxygen atoms in total. The van der Waals surface area contributed by atoms with Gasteiger partial charge < -0.3 is 4.90 Å². The van der Waals surface area contributed by atoms with Crippen molar-refractivity contribution in [3.63, 3.8) is 0 Å². The van der Waals surface area contributed by atoms with Crippen LogP contribution in [0.1, 0.15) is 11.1 Å². The number of amides is 1. The number of benzene rings is 2. The minimum atomic E-state index is 0.0444. The molecule has 150 valence electrons. The van der Waals surface area contributed by atoms with Crippen molar-refractivity contribution in [2.75, 3.05) is 5.75 Å². The van der Waals surface area contributed by atoms with Gasteiger partial charge in [-0.25, -0.2) is 4.98 Å². The quantitative estimate of drug-likeness (QED) is 0.437. The van der Waals surface area contributed by atoms with E-state index >= 15 is 0 Å². The fraction of sp³-hybridized carbons (Fsp3) is 0.130. The van der Waals surface area contributed by atoms with Crippen LogP contribution in [0.5, 0.6) is 0 Å². The van der Waals surface area contributed by atoms with Gasteiger partial charge in [-0.05, 0) is 23.3 Å². The summed E-state index contributed by atoms with van der Waals surface area (Å²) in [7, 11) is 0. The molecule has 1 N–H and O–H groups in total. The Balaban J connectivity index is 1.43. The number of aromatic amines is 1. The molecule has 0 fully saturated rings. The Morgan fingerprint density at radius 2 is 1.47 bits per heavy atom. The lowest BCUT2D eigenvalue weighted by Gasteiger charge is -2.23. The van der Waals surface area contributed by atoms with Crippen LogP contribution in [-0.2, 0) is 17.9 Å². The van der Waals surface area contributed by atoms with Gasteiger partial charge in [0.1, 0.15) is 0 Å².